The van der Waals surface area contributed by atoms with E-state index in [1.807, 2.05) is 6.92 Å². The fourth-order valence-corrected chi connectivity index (χ4v) is 1.65. The van der Waals surface area contributed by atoms with Gasteiger partial charge in [0, 0.05) is 12.1 Å². The van der Waals surface area contributed by atoms with E-state index in [1.54, 1.807) is 6.07 Å². The first kappa shape index (κ1) is 13.8. The molecule has 0 radical (unpaired) electrons. The maximum atomic E-state index is 13.5. The van der Waals surface area contributed by atoms with Gasteiger partial charge in [-0.15, -0.1) is 0 Å². The molecule has 1 amide bonds. The molecule has 0 atom stereocenters. The summed E-state index contributed by atoms with van der Waals surface area (Å²) < 4.78 is 18.7. The Hall–Kier alpha value is -2.63. The molecule has 20 heavy (non-hydrogen) atoms. The first-order valence-electron chi connectivity index (χ1n) is 5.94. The Morgan fingerprint density at radius 2 is 2.05 bits per heavy atom. The van der Waals surface area contributed by atoms with Gasteiger partial charge in [-0.25, -0.2) is 9.18 Å². The molecule has 0 aliphatic rings. The zero-order valence-corrected chi connectivity index (χ0v) is 10.6. The number of halogens is 1. The molecule has 0 aliphatic heterocycles. The van der Waals surface area contributed by atoms with Crippen LogP contribution in [-0.4, -0.2) is 17.0 Å². The minimum atomic E-state index is -1.36. The molecule has 0 unspecified atom stereocenters. The predicted octanol–water partition coefficient (Wildman–Crippen LogP) is 2.93. The van der Waals surface area contributed by atoms with Crippen LogP contribution in [-0.2, 0) is 6.42 Å². The lowest BCUT2D eigenvalue weighted by molar-refractivity contribution is 0.0692. The summed E-state index contributed by atoms with van der Waals surface area (Å²) in [5.74, 6) is -2.01. The van der Waals surface area contributed by atoms with Gasteiger partial charge in [0.2, 0.25) is 0 Å². The lowest BCUT2D eigenvalue weighted by Gasteiger charge is -2.04. The van der Waals surface area contributed by atoms with Crippen molar-refractivity contribution in [3.8, 4) is 0 Å². The molecule has 1 aromatic heterocycles. The second kappa shape index (κ2) is 5.56. The van der Waals surface area contributed by atoms with Crippen molar-refractivity contribution >= 4 is 17.6 Å². The molecule has 6 heteroatoms. The van der Waals surface area contributed by atoms with Crippen LogP contribution in [0.5, 0.6) is 0 Å². The summed E-state index contributed by atoms with van der Waals surface area (Å²) in [6, 6.07) is 6.56. The van der Waals surface area contributed by atoms with Crippen LogP contribution in [0.25, 0.3) is 0 Å². The van der Waals surface area contributed by atoms with Crippen molar-refractivity contribution in [2.75, 3.05) is 5.32 Å². The van der Waals surface area contributed by atoms with E-state index in [0.29, 0.717) is 12.2 Å². The van der Waals surface area contributed by atoms with Crippen LogP contribution in [0.3, 0.4) is 0 Å². The van der Waals surface area contributed by atoms with Crippen molar-refractivity contribution in [3.05, 3.63) is 53.2 Å². The van der Waals surface area contributed by atoms with Crippen molar-refractivity contribution in [1.82, 2.24) is 0 Å². The number of carboxylic acid groups (broad SMARTS) is 1. The van der Waals surface area contributed by atoms with E-state index in [2.05, 4.69) is 5.32 Å². The standard InChI is InChI=1S/C14H12FNO4/c1-2-9-4-6-12(20-9)13(17)16-8-3-5-10(14(18)19)11(15)7-8/h3-7H,2H2,1H3,(H,16,17)(H,18,19). The summed E-state index contributed by atoms with van der Waals surface area (Å²) in [7, 11) is 0. The Balaban J connectivity index is 2.15. The number of amides is 1. The molecule has 0 saturated heterocycles. The number of aryl methyl sites for hydroxylation is 1. The SMILES string of the molecule is CCc1ccc(C(=O)Nc2ccc(C(=O)O)c(F)c2)o1. The maximum absolute atomic E-state index is 13.5. The largest absolute Gasteiger partial charge is 0.478 e. The molecule has 1 aromatic carbocycles. The topological polar surface area (TPSA) is 79.5 Å². The number of nitrogens with one attached hydrogen (secondary N) is 1. The predicted molar refractivity (Wildman–Crippen MR) is 69.4 cm³/mol. The molecule has 5 nitrogen and oxygen atoms in total. The number of rotatable bonds is 4. The normalized spacial score (nSPS) is 10.3. The summed E-state index contributed by atoms with van der Waals surface area (Å²) in [5, 5.41) is 11.1. The Kier molecular flexibility index (Phi) is 3.84. The van der Waals surface area contributed by atoms with Crippen molar-refractivity contribution in [2.45, 2.75) is 13.3 Å². The van der Waals surface area contributed by atoms with Gasteiger partial charge in [-0.05, 0) is 30.3 Å². The highest BCUT2D eigenvalue weighted by molar-refractivity contribution is 6.02. The van der Waals surface area contributed by atoms with Crippen LogP contribution in [0.4, 0.5) is 10.1 Å². The number of carboxylic acids is 1. The third-order valence-corrected chi connectivity index (χ3v) is 2.69. The van der Waals surface area contributed by atoms with E-state index >= 15 is 0 Å². The molecule has 0 fully saturated rings. The molecular weight excluding hydrogens is 265 g/mol. The lowest BCUT2D eigenvalue weighted by atomic mass is 10.2. The summed E-state index contributed by atoms with van der Waals surface area (Å²) in [6.45, 7) is 1.89. The minimum Gasteiger partial charge on any atom is -0.478 e. The van der Waals surface area contributed by atoms with Gasteiger partial charge in [-0.2, -0.15) is 0 Å². The maximum Gasteiger partial charge on any atom is 0.338 e. The molecule has 2 aromatic rings. The molecule has 0 bridgehead atoms. The molecule has 0 spiro atoms. The van der Waals surface area contributed by atoms with E-state index in [1.165, 1.54) is 12.1 Å². The first-order valence-corrected chi connectivity index (χ1v) is 5.94. The van der Waals surface area contributed by atoms with Crippen molar-refractivity contribution < 1.29 is 23.5 Å². The van der Waals surface area contributed by atoms with Crippen LogP contribution in [0, 0.1) is 5.82 Å². The second-order valence-corrected chi connectivity index (χ2v) is 4.07. The smallest absolute Gasteiger partial charge is 0.338 e. The summed E-state index contributed by atoms with van der Waals surface area (Å²) in [4.78, 5) is 22.5. The van der Waals surface area contributed by atoms with E-state index in [0.717, 1.165) is 12.1 Å². The van der Waals surface area contributed by atoms with Gasteiger partial charge in [0.05, 0.1) is 5.56 Å². The van der Waals surface area contributed by atoms with Crippen molar-refractivity contribution in [1.29, 1.82) is 0 Å². The van der Waals surface area contributed by atoms with Gasteiger partial charge in [-0.1, -0.05) is 6.92 Å². The molecule has 0 saturated carbocycles. The Morgan fingerprint density at radius 3 is 2.60 bits per heavy atom. The zero-order chi connectivity index (χ0) is 14.7. The average Bonchev–Trinajstić information content (AvgIpc) is 2.87. The number of aromatic carboxylic acids is 1. The Labute approximate surface area is 114 Å². The van der Waals surface area contributed by atoms with Gasteiger partial charge in [-0.3, -0.25) is 4.79 Å². The van der Waals surface area contributed by atoms with Crippen LogP contribution >= 0.6 is 0 Å². The number of hydrogen-bond acceptors (Lipinski definition) is 3. The quantitative estimate of drug-likeness (QED) is 0.900. The highest BCUT2D eigenvalue weighted by atomic mass is 19.1. The molecule has 2 N–H and O–H groups in total. The average molecular weight is 277 g/mol. The number of carbonyl (C=O) groups excluding carboxylic acids is 1. The first-order chi connectivity index (χ1) is 9.51. The third-order valence-electron chi connectivity index (χ3n) is 2.69. The molecule has 104 valence electrons. The van der Waals surface area contributed by atoms with E-state index in [-0.39, 0.29) is 11.4 Å². The van der Waals surface area contributed by atoms with E-state index in [4.69, 9.17) is 9.52 Å². The zero-order valence-electron chi connectivity index (χ0n) is 10.6. The van der Waals surface area contributed by atoms with Crippen LogP contribution in [0.15, 0.2) is 34.7 Å². The summed E-state index contributed by atoms with van der Waals surface area (Å²) >= 11 is 0. The fourth-order valence-electron chi connectivity index (χ4n) is 1.65. The number of carbonyl (C=O) groups is 2. The van der Waals surface area contributed by atoms with E-state index in [9.17, 15) is 14.0 Å². The Bertz CT molecular complexity index is 663. The lowest BCUT2D eigenvalue weighted by Crippen LogP contribution is -2.11. The number of benzene rings is 1. The summed E-state index contributed by atoms with van der Waals surface area (Å²) in [5.41, 5.74) is -0.291. The van der Waals surface area contributed by atoms with Gasteiger partial charge in [0.1, 0.15) is 11.6 Å². The highest BCUT2D eigenvalue weighted by Crippen LogP contribution is 2.16. The van der Waals surface area contributed by atoms with Gasteiger partial charge in [0.15, 0.2) is 5.76 Å². The number of furan rings is 1. The monoisotopic (exact) mass is 277 g/mol. The molecular formula is C14H12FNO4. The van der Waals surface area contributed by atoms with Crippen LogP contribution in [0.2, 0.25) is 0 Å². The van der Waals surface area contributed by atoms with Gasteiger partial charge in [0.25, 0.3) is 5.91 Å². The number of hydrogen-bond donors (Lipinski definition) is 2. The van der Waals surface area contributed by atoms with Gasteiger partial charge >= 0.3 is 5.97 Å². The van der Waals surface area contributed by atoms with Crippen LogP contribution < -0.4 is 5.32 Å². The molecule has 2 rings (SSSR count). The van der Waals surface area contributed by atoms with Crippen LogP contribution in [0.1, 0.15) is 33.6 Å². The third kappa shape index (κ3) is 2.85. The molecule has 1 heterocycles. The summed E-state index contributed by atoms with van der Waals surface area (Å²) in [6.07, 6.45) is 0.662. The second-order valence-electron chi connectivity index (χ2n) is 4.07. The highest BCUT2D eigenvalue weighted by Gasteiger charge is 2.14. The van der Waals surface area contributed by atoms with Gasteiger partial charge < -0.3 is 14.8 Å². The minimum absolute atomic E-state index is 0.115. The van der Waals surface area contributed by atoms with Crippen molar-refractivity contribution in [3.63, 3.8) is 0 Å². The number of anilines is 1. The Morgan fingerprint density at radius 1 is 1.30 bits per heavy atom. The fraction of sp³-hybridized carbons (Fsp3) is 0.143. The van der Waals surface area contributed by atoms with Crippen molar-refractivity contribution in [2.24, 2.45) is 0 Å². The molecule has 0 aliphatic carbocycles. The van der Waals surface area contributed by atoms with E-state index < -0.39 is 23.3 Å².